The molecule has 1 saturated carbocycles. The van der Waals surface area contributed by atoms with Gasteiger partial charge >= 0.3 is 5.97 Å². The van der Waals surface area contributed by atoms with Gasteiger partial charge in [-0.05, 0) is 71.7 Å². The van der Waals surface area contributed by atoms with Crippen molar-refractivity contribution in [1.29, 1.82) is 0 Å². The Morgan fingerprint density at radius 2 is 1.79 bits per heavy atom. The molecule has 0 unspecified atom stereocenters. The van der Waals surface area contributed by atoms with Crippen LogP contribution >= 0.6 is 11.3 Å². The fourth-order valence-electron chi connectivity index (χ4n) is 6.68. The molecule has 0 spiro atoms. The Kier molecular flexibility index (Phi) is 7.25. The molecule has 1 N–H and O–H groups in total. The molecule has 0 atom stereocenters. The van der Waals surface area contributed by atoms with Gasteiger partial charge in [0.2, 0.25) is 5.91 Å². The highest BCUT2D eigenvalue weighted by Crippen LogP contribution is 2.45. The van der Waals surface area contributed by atoms with Crippen LogP contribution in [0.1, 0.15) is 53.9 Å². The zero-order valence-electron chi connectivity index (χ0n) is 23.4. The average molecular weight is 580 g/mol. The zero-order chi connectivity index (χ0) is 28.6. The average Bonchev–Trinajstić information content (AvgIpc) is 3.68. The lowest BCUT2D eigenvalue weighted by Gasteiger charge is -2.28. The van der Waals surface area contributed by atoms with E-state index in [1.807, 2.05) is 11.0 Å². The summed E-state index contributed by atoms with van der Waals surface area (Å²) < 4.78 is 7.57. The molecule has 214 valence electrons. The number of carbonyl (C=O) groups is 2. The number of hydrogen-bond acceptors (Lipinski definition) is 5. The van der Waals surface area contributed by atoms with Crippen LogP contribution in [0.5, 0.6) is 0 Å². The van der Waals surface area contributed by atoms with Crippen LogP contribution in [0.15, 0.2) is 65.4 Å². The van der Waals surface area contributed by atoms with Gasteiger partial charge in [-0.25, -0.2) is 9.78 Å². The first-order valence-corrected chi connectivity index (χ1v) is 15.7. The topological polar surface area (TPSA) is 84.7 Å². The maximum Gasteiger partial charge on any atom is 0.335 e. The summed E-state index contributed by atoms with van der Waals surface area (Å²) in [7, 11) is 0. The second kappa shape index (κ2) is 11.3. The number of carbonyl (C=O) groups excluding carboxylic acids is 1. The normalized spacial score (nSPS) is 16.3. The van der Waals surface area contributed by atoms with Crippen molar-refractivity contribution in [3.05, 3.63) is 76.5 Å². The molecule has 0 bridgehead atoms. The lowest BCUT2D eigenvalue weighted by Crippen LogP contribution is -2.42. The van der Waals surface area contributed by atoms with Gasteiger partial charge in [0.15, 0.2) is 0 Å². The molecule has 1 saturated heterocycles. The Bertz CT molecular complexity index is 1780. The van der Waals surface area contributed by atoms with Crippen molar-refractivity contribution in [2.24, 2.45) is 0 Å². The fraction of sp³-hybridized carbons (Fsp3) is 0.324. The number of thiophene rings is 1. The molecule has 7 rings (SSSR count). The molecule has 2 aliphatic rings. The molecule has 2 fully saturated rings. The van der Waals surface area contributed by atoms with Crippen molar-refractivity contribution in [3.63, 3.8) is 0 Å². The number of carboxylic acid groups (broad SMARTS) is 1. The SMILES string of the molecule is O=C(O)c1ccc2c(C3CCCCC3)c(-c3ccc4nc(-c5ccsc5)ccc4c3)n(CC(=O)N3CCOCC3)c2c1. The molecule has 8 heteroatoms. The summed E-state index contributed by atoms with van der Waals surface area (Å²) in [6.07, 6.45) is 5.75. The summed E-state index contributed by atoms with van der Waals surface area (Å²) >= 11 is 1.66. The van der Waals surface area contributed by atoms with Gasteiger partial charge in [0.25, 0.3) is 0 Å². The lowest BCUT2D eigenvalue weighted by atomic mass is 9.81. The van der Waals surface area contributed by atoms with Crippen LogP contribution in [0, 0.1) is 0 Å². The third kappa shape index (κ3) is 4.99. The van der Waals surface area contributed by atoms with Crippen molar-refractivity contribution in [2.75, 3.05) is 26.3 Å². The number of hydrogen-bond donors (Lipinski definition) is 1. The lowest BCUT2D eigenvalue weighted by molar-refractivity contribution is -0.135. The summed E-state index contributed by atoms with van der Waals surface area (Å²) in [6, 6.07) is 18.0. The van der Waals surface area contributed by atoms with Crippen molar-refractivity contribution < 1.29 is 19.4 Å². The number of amides is 1. The summed E-state index contributed by atoms with van der Waals surface area (Å²) in [4.78, 5) is 32.5. The van der Waals surface area contributed by atoms with Crippen molar-refractivity contribution in [1.82, 2.24) is 14.5 Å². The first kappa shape index (κ1) is 26.9. The van der Waals surface area contributed by atoms with Gasteiger partial charge < -0.3 is 19.3 Å². The molecule has 1 amide bonds. The third-order valence-corrected chi connectivity index (χ3v) is 9.48. The molecule has 42 heavy (non-hydrogen) atoms. The Hall–Kier alpha value is -4.01. The largest absolute Gasteiger partial charge is 0.478 e. The Balaban J connectivity index is 1.42. The van der Waals surface area contributed by atoms with E-state index < -0.39 is 5.97 Å². The van der Waals surface area contributed by atoms with Crippen LogP contribution in [0.25, 0.3) is 44.3 Å². The minimum absolute atomic E-state index is 0.0234. The fourth-order valence-corrected chi connectivity index (χ4v) is 7.33. The summed E-state index contributed by atoms with van der Waals surface area (Å²) in [5.74, 6) is -0.597. The van der Waals surface area contributed by atoms with Crippen molar-refractivity contribution in [3.8, 4) is 22.5 Å². The van der Waals surface area contributed by atoms with E-state index in [4.69, 9.17) is 9.72 Å². The smallest absolute Gasteiger partial charge is 0.335 e. The van der Waals surface area contributed by atoms with Crippen LogP contribution in [0.2, 0.25) is 0 Å². The maximum absolute atomic E-state index is 13.7. The van der Waals surface area contributed by atoms with Crippen LogP contribution in [-0.2, 0) is 16.1 Å². The number of pyridine rings is 1. The Labute approximate surface area is 248 Å². The number of nitrogens with zero attached hydrogens (tertiary/aromatic N) is 3. The van der Waals surface area contributed by atoms with Crippen LogP contribution in [0.4, 0.5) is 0 Å². The molecule has 5 aromatic rings. The zero-order valence-corrected chi connectivity index (χ0v) is 24.2. The van der Waals surface area contributed by atoms with Crippen LogP contribution in [0.3, 0.4) is 0 Å². The number of benzene rings is 2. The van der Waals surface area contributed by atoms with E-state index in [2.05, 4.69) is 51.7 Å². The van der Waals surface area contributed by atoms with Crippen molar-refractivity contribution >= 4 is 45.0 Å². The number of aromatic carboxylic acids is 1. The highest BCUT2D eigenvalue weighted by atomic mass is 32.1. The van der Waals surface area contributed by atoms with Gasteiger partial charge in [0.1, 0.15) is 6.54 Å². The molecular formula is C34H33N3O4S. The highest BCUT2D eigenvalue weighted by molar-refractivity contribution is 7.08. The van der Waals surface area contributed by atoms with E-state index in [0.717, 1.165) is 57.2 Å². The quantitative estimate of drug-likeness (QED) is 0.230. The molecule has 3 aromatic heterocycles. The summed E-state index contributed by atoms with van der Waals surface area (Å²) in [6.45, 7) is 2.35. The Morgan fingerprint density at radius 1 is 0.952 bits per heavy atom. The standard InChI is InChI=1S/C34H33N3O4S/c38-31(36-13-15-41-16-14-36)20-37-30-19-25(34(39)40)6-9-27(30)32(22-4-2-1-3-5-22)33(37)24-8-11-28-23(18-24)7-10-29(35-28)26-12-17-42-21-26/h6-12,17-19,21-22H,1-5,13-16,20H2,(H,39,40). The van der Waals surface area contributed by atoms with Crippen LogP contribution < -0.4 is 0 Å². The minimum atomic E-state index is -0.969. The van der Waals surface area contributed by atoms with Crippen molar-refractivity contribution in [2.45, 2.75) is 44.6 Å². The molecule has 1 aliphatic carbocycles. The third-order valence-electron chi connectivity index (χ3n) is 8.80. The maximum atomic E-state index is 13.7. The van der Waals surface area contributed by atoms with E-state index in [0.29, 0.717) is 32.2 Å². The predicted molar refractivity (Wildman–Crippen MR) is 166 cm³/mol. The van der Waals surface area contributed by atoms with Gasteiger partial charge in [-0.1, -0.05) is 37.5 Å². The van der Waals surface area contributed by atoms with E-state index in [-0.39, 0.29) is 18.0 Å². The minimum Gasteiger partial charge on any atom is -0.478 e. The highest BCUT2D eigenvalue weighted by Gasteiger charge is 2.29. The molecule has 4 heterocycles. The van der Waals surface area contributed by atoms with E-state index >= 15 is 0 Å². The number of morpholine rings is 1. The molecule has 0 radical (unpaired) electrons. The first-order valence-electron chi connectivity index (χ1n) is 14.8. The number of aromatic nitrogens is 2. The van der Waals surface area contributed by atoms with Gasteiger partial charge in [0, 0.05) is 34.8 Å². The van der Waals surface area contributed by atoms with E-state index in [1.54, 1.807) is 23.5 Å². The predicted octanol–water partition coefficient (Wildman–Crippen LogP) is 7.19. The van der Waals surface area contributed by atoms with Gasteiger partial charge in [-0.15, -0.1) is 0 Å². The summed E-state index contributed by atoms with van der Waals surface area (Å²) in [5.41, 5.74) is 7.29. The van der Waals surface area contributed by atoms with Gasteiger partial charge in [-0.3, -0.25) is 4.79 Å². The van der Waals surface area contributed by atoms with Crippen LogP contribution in [-0.4, -0.2) is 57.7 Å². The molecular weight excluding hydrogens is 546 g/mol. The second-order valence-electron chi connectivity index (χ2n) is 11.3. The van der Waals surface area contributed by atoms with E-state index in [1.165, 1.54) is 24.8 Å². The molecule has 2 aromatic carbocycles. The number of rotatable bonds is 6. The second-order valence-corrected chi connectivity index (χ2v) is 12.1. The number of ether oxygens (including phenoxy) is 1. The number of carboxylic acids is 1. The van der Waals surface area contributed by atoms with Gasteiger partial charge in [-0.2, -0.15) is 11.3 Å². The first-order chi connectivity index (χ1) is 20.6. The monoisotopic (exact) mass is 579 g/mol. The Morgan fingerprint density at radius 3 is 2.55 bits per heavy atom. The molecule has 1 aliphatic heterocycles. The summed E-state index contributed by atoms with van der Waals surface area (Å²) in [5, 5.41) is 16.1. The van der Waals surface area contributed by atoms with Gasteiger partial charge in [0.05, 0.1) is 41.2 Å². The molecule has 7 nitrogen and oxygen atoms in total. The van der Waals surface area contributed by atoms with E-state index in [9.17, 15) is 14.7 Å². The number of fused-ring (bicyclic) bond motifs is 2.